The van der Waals surface area contributed by atoms with Crippen LogP contribution in [0.1, 0.15) is 24.8 Å². The Morgan fingerprint density at radius 1 is 1.03 bits per heavy atom. The third-order valence-corrected chi connectivity index (χ3v) is 7.39. The highest BCUT2D eigenvalue weighted by Crippen LogP contribution is 2.26. The fraction of sp³-hybridized carbons (Fsp3) is 0.583. The number of hydrogen-bond donors (Lipinski definition) is 0. The molecule has 2 saturated heterocycles. The van der Waals surface area contributed by atoms with Crippen LogP contribution in [0.4, 0.5) is 0 Å². The van der Waals surface area contributed by atoms with Gasteiger partial charge in [0.25, 0.3) is 0 Å². The minimum absolute atomic E-state index is 0.00915. The fourth-order valence-electron chi connectivity index (χ4n) is 4.61. The maximum atomic E-state index is 12.7. The summed E-state index contributed by atoms with van der Waals surface area (Å²) in [4.78, 5) is 34.0. The first-order valence-electron chi connectivity index (χ1n) is 11.6. The van der Waals surface area contributed by atoms with Crippen molar-refractivity contribution in [3.63, 3.8) is 0 Å². The molecule has 174 valence electrons. The normalized spacial score (nSPS) is 21.1. The van der Waals surface area contributed by atoms with E-state index in [1.54, 1.807) is 19.3 Å². The minimum atomic E-state index is -0.00915. The van der Waals surface area contributed by atoms with Crippen LogP contribution in [0.2, 0.25) is 0 Å². The first kappa shape index (κ1) is 23.3. The quantitative estimate of drug-likeness (QED) is 0.556. The van der Waals surface area contributed by atoms with E-state index in [9.17, 15) is 9.59 Å². The topological polar surface area (TPSA) is 56.3 Å². The molecule has 0 radical (unpaired) electrons. The van der Waals surface area contributed by atoms with Crippen LogP contribution in [0, 0.1) is 0 Å². The number of benzene rings is 1. The summed E-state index contributed by atoms with van der Waals surface area (Å²) >= 11 is 3.46. The summed E-state index contributed by atoms with van der Waals surface area (Å²) < 4.78 is 6.30. The van der Waals surface area contributed by atoms with E-state index >= 15 is 0 Å². The SMILES string of the molecule is COc1ccc(Br)cc1/C=C/C(=O)N1CCN(CC(=O)N2CCN(C3CCC3)CC2)CC1. The van der Waals surface area contributed by atoms with Gasteiger partial charge in [0.05, 0.1) is 13.7 Å². The van der Waals surface area contributed by atoms with Crippen LogP contribution in [0.15, 0.2) is 28.7 Å². The van der Waals surface area contributed by atoms with Gasteiger partial charge in [-0.1, -0.05) is 22.4 Å². The fourth-order valence-corrected chi connectivity index (χ4v) is 4.99. The highest BCUT2D eigenvalue weighted by molar-refractivity contribution is 9.10. The van der Waals surface area contributed by atoms with Gasteiger partial charge in [-0.25, -0.2) is 0 Å². The molecule has 1 aliphatic carbocycles. The molecule has 3 fully saturated rings. The summed E-state index contributed by atoms with van der Waals surface area (Å²) in [5.41, 5.74) is 0.858. The Bertz CT molecular complexity index is 842. The highest BCUT2D eigenvalue weighted by atomic mass is 79.9. The molecule has 32 heavy (non-hydrogen) atoms. The van der Waals surface area contributed by atoms with E-state index in [1.807, 2.05) is 28.0 Å². The van der Waals surface area contributed by atoms with Gasteiger partial charge in [-0.15, -0.1) is 0 Å². The van der Waals surface area contributed by atoms with Crippen LogP contribution in [0.3, 0.4) is 0 Å². The lowest BCUT2D eigenvalue weighted by Crippen LogP contribution is -2.56. The lowest BCUT2D eigenvalue weighted by Gasteiger charge is -2.43. The Hall–Kier alpha value is -1.90. The molecule has 7 nitrogen and oxygen atoms in total. The molecule has 4 rings (SSSR count). The summed E-state index contributed by atoms with van der Waals surface area (Å²) in [6, 6.07) is 6.47. The number of methoxy groups -OCH3 is 1. The van der Waals surface area contributed by atoms with Crippen LogP contribution < -0.4 is 4.74 Å². The van der Waals surface area contributed by atoms with Crippen LogP contribution in [0.5, 0.6) is 5.75 Å². The number of hydrogen-bond acceptors (Lipinski definition) is 5. The van der Waals surface area contributed by atoms with Crippen molar-refractivity contribution in [2.24, 2.45) is 0 Å². The number of carbonyl (C=O) groups is 2. The Morgan fingerprint density at radius 3 is 2.34 bits per heavy atom. The van der Waals surface area contributed by atoms with Gasteiger partial charge >= 0.3 is 0 Å². The second-order valence-corrected chi connectivity index (χ2v) is 9.74. The van der Waals surface area contributed by atoms with Crippen molar-refractivity contribution in [1.29, 1.82) is 0 Å². The first-order valence-corrected chi connectivity index (χ1v) is 12.4. The largest absolute Gasteiger partial charge is 0.496 e. The third-order valence-electron chi connectivity index (χ3n) is 6.90. The first-order chi connectivity index (χ1) is 15.5. The predicted molar refractivity (Wildman–Crippen MR) is 129 cm³/mol. The second-order valence-electron chi connectivity index (χ2n) is 8.82. The van der Waals surface area contributed by atoms with E-state index in [0.717, 1.165) is 61.1 Å². The summed E-state index contributed by atoms with van der Waals surface area (Å²) in [7, 11) is 1.62. The molecule has 1 aromatic rings. The third kappa shape index (κ3) is 5.71. The van der Waals surface area contributed by atoms with Gasteiger partial charge in [0.2, 0.25) is 11.8 Å². The van der Waals surface area contributed by atoms with Gasteiger partial charge in [0.15, 0.2) is 0 Å². The van der Waals surface area contributed by atoms with E-state index in [0.29, 0.717) is 19.6 Å². The number of nitrogens with zero attached hydrogens (tertiary/aromatic N) is 4. The molecular formula is C24H33BrN4O3. The average Bonchev–Trinajstić information content (AvgIpc) is 2.77. The molecule has 1 saturated carbocycles. The number of piperazine rings is 2. The van der Waals surface area contributed by atoms with Crippen molar-refractivity contribution in [2.75, 3.05) is 66.0 Å². The number of amides is 2. The zero-order chi connectivity index (χ0) is 22.5. The van der Waals surface area contributed by atoms with Gasteiger partial charge in [0, 0.05) is 74.5 Å². The standard InChI is InChI=1S/C24H33BrN4O3/c1-32-22-7-6-20(25)17-19(22)5-8-23(30)28-11-9-26(10-12-28)18-24(31)29-15-13-27(14-16-29)21-3-2-4-21/h5-8,17,21H,2-4,9-16,18H2,1H3/b8-5+. The molecule has 8 heteroatoms. The molecule has 2 aliphatic heterocycles. The molecule has 3 aliphatic rings. The number of ether oxygens (including phenoxy) is 1. The maximum Gasteiger partial charge on any atom is 0.246 e. The Kier molecular flexibility index (Phi) is 7.86. The van der Waals surface area contributed by atoms with Crippen LogP contribution in [-0.4, -0.2) is 103 Å². The molecule has 0 unspecified atom stereocenters. The number of rotatable bonds is 6. The highest BCUT2D eigenvalue weighted by Gasteiger charge is 2.30. The Balaban J connectivity index is 1.20. The average molecular weight is 505 g/mol. The predicted octanol–water partition coefficient (Wildman–Crippen LogP) is 2.31. The Labute approximate surface area is 199 Å². The van der Waals surface area contributed by atoms with Gasteiger partial charge in [-0.05, 0) is 37.1 Å². The van der Waals surface area contributed by atoms with Crippen molar-refractivity contribution in [3.05, 3.63) is 34.3 Å². The summed E-state index contributed by atoms with van der Waals surface area (Å²) in [5.74, 6) is 0.943. The monoisotopic (exact) mass is 504 g/mol. The van der Waals surface area contributed by atoms with Crippen LogP contribution in [0.25, 0.3) is 6.08 Å². The van der Waals surface area contributed by atoms with Gasteiger partial charge in [-0.3, -0.25) is 19.4 Å². The van der Waals surface area contributed by atoms with Crippen LogP contribution in [-0.2, 0) is 9.59 Å². The molecule has 0 spiro atoms. The number of halogens is 1. The Morgan fingerprint density at radius 2 is 1.72 bits per heavy atom. The van der Waals surface area contributed by atoms with E-state index in [-0.39, 0.29) is 11.8 Å². The lowest BCUT2D eigenvalue weighted by molar-refractivity contribution is -0.135. The summed E-state index contributed by atoms with van der Waals surface area (Å²) in [5, 5.41) is 0. The minimum Gasteiger partial charge on any atom is -0.496 e. The smallest absolute Gasteiger partial charge is 0.246 e. The van der Waals surface area contributed by atoms with E-state index < -0.39 is 0 Å². The van der Waals surface area contributed by atoms with Crippen molar-refractivity contribution < 1.29 is 14.3 Å². The molecule has 2 amide bonds. The number of carbonyl (C=O) groups excluding carboxylic acids is 2. The molecule has 0 aromatic heterocycles. The lowest BCUT2D eigenvalue weighted by atomic mass is 9.91. The van der Waals surface area contributed by atoms with Crippen LogP contribution >= 0.6 is 15.9 Å². The summed E-state index contributed by atoms with van der Waals surface area (Å²) in [6.07, 6.45) is 7.40. The van der Waals surface area contributed by atoms with Gasteiger partial charge in [-0.2, -0.15) is 0 Å². The van der Waals surface area contributed by atoms with Crippen molar-refractivity contribution in [2.45, 2.75) is 25.3 Å². The van der Waals surface area contributed by atoms with E-state index in [4.69, 9.17) is 4.74 Å². The second kappa shape index (κ2) is 10.8. The summed E-state index contributed by atoms with van der Waals surface area (Å²) in [6.45, 7) is 6.90. The van der Waals surface area contributed by atoms with E-state index in [1.165, 1.54) is 19.3 Å². The maximum absolute atomic E-state index is 12.7. The zero-order valence-electron chi connectivity index (χ0n) is 18.8. The van der Waals surface area contributed by atoms with Gasteiger partial charge in [0.1, 0.15) is 5.75 Å². The molecular weight excluding hydrogens is 472 g/mol. The van der Waals surface area contributed by atoms with Crippen molar-refractivity contribution >= 4 is 33.8 Å². The van der Waals surface area contributed by atoms with Crippen molar-refractivity contribution in [3.8, 4) is 5.75 Å². The van der Waals surface area contributed by atoms with Crippen molar-refractivity contribution in [1.82, 2.24) is 19.6 Å². The molecule has 2 heterocycles. The molecule has 0 atom stereocenters. The zero-order valence-corrected chi connectivity index (χ0v) is 20.4. The molecule has 0 N–H and O–H groups in total. The molecule has 0 bridgehead atoms. The molecule has 1 aromatic carbocycles. The van der Waals surface area contributed by atoms with E-state index in [2.05, 4.69) is 25.7 Å². The van der Waals surface area contributed by atoms with Gasteiger partial charge < -0.3 is 14.5 Å².